The van der Waals surface area contributed by atoms with E-state index in [1.54, 1.807) is 0 Å². The quantitative estimate of drug-likeness (QED) is 0.614. The molecule has 1 rings (SSSR count). The Bertz CT molecular complexity index is 211. The average molecular weight is 281 g/mol. The van der Waals surface area contributed by atoms with E-state index in [9.17, 15) is 4.79 Å². The van der Waals surface area contributed by atoms with Gasteiger partial charge >= 0.3 is 0 Å². The van der Waals surface area contributed by atoms with E-state index in [2.05, 4.69) is 5.32 Å². The van der Waals surface area contributed by atoms with Gasteiger partial charge < -0.3 is 20.5 Å². The van der Waals surface area contributed by atoms with E-state index in [1.165, 1.54) is 0 Å². The molecule has 18 heavy (non-hydrogen) atoms. The standard InChI is InChI=1S/C12H24N2O3.ClH/c13-6-1-2-7-14-12(15)5-9-16-10-11-4-3-8-17-11;/h11H,1-10,13H2,(H,14,15);1H. The molecule has 0 saturated carbocycles. The van der Waals surface area contributed by atoms with E-state index < -0.39 is 0 Å². The number of nitrogens with two attached hydrogens (primary N) is 1. The van der Waals surface area contributed by atoms with Gasteiger partial charge in [-0.3, -0.25) is 4.79 Å². The zero-order valence-electron chi connectivity index (χ0n) is 10.9. The summed E-state index contributed by atoms with van der Waals surface area (Å²) in [6.45, 7) is 3.32. The number of hydrogen-bond donors (Lipinski definition) is 2. The smallest absolute Gasteiger partial charge is 0.222 e. The van der Waals surface area contributed by atoms with Crippen molar-refractivity contribution in [1.29, 1.82) is 0 Å². The fourth-order valence-corrected chi connectivity index (χ4v) is 1.74. The molecule has 0 spiro atoms. The highest BCUT2D eigenvalue weighted by Gasteiger charge is 2.15. The molecule has 0 aromatic carbocycles. The lowest BCUT2D eigenvalue weighted by atomic mass is 10.2. The molecule has 3 N–H and O–H groups in total. The first-order valence-electron chi connectivity index (χ1n) is 6.49. The summed E-state index contributed by atoms with van der Waals surface area (Å²) in [5.74, 6) is 0.0503. The first-order valence-corrected chi connectivity index (χ1v) is 6.49. The summed E-state index contributed by atoms with van der Waals surface area (Å²) in [5.41, 5.74) is 5.36. The molecule has 108 valence electrons. The van der Waals surface area contributed by atoms with Gasteiger partial charge in [0, 0.05) is 19.6 Å². The maximum absolute atomic E-state index is 11.3. The second-order valence-electron chi connectivity index (χ2n) is 4.31. The Balaban J connectivity index is 0.00000289. The number of rotatable bonds is 9. The van der Waals surface area contributed by atoms with Crippen LogP contribution in [0, 0.1) is 0 Å². The van der Waals surface area contributed by atoms with Crippen molar-refractivity contribution in [1.82, 2.24) is 5.32 Å². The highest BCUT2D eigenvalue weighted by molar-refractivity contribution is 5.85. The van der Waals surface area contributed by atoms with Crippen molar-refractivity contribution in [3.63, 3.8) is 0 Å². The number of amides is 1. The summed E-state index contributed by atoms with van der Waals surface area (Å²) >= 11 is 0. The second-order valence-corrected chi connectivity index (χ2v) is 4.31. The predicted molar refractivity (Wildman–Crippen MR) is 73.0 cm³/mol. The summed E-state index contributed by atoms with van der Waals surface area (Å²) < 4.78 is 10.8. The van der Waals surface area contributed by atoms with Gasteiger partial charge in [-0.15, -0.1) is 12.4 Å². The van der Waals surface area contributed by atoms with Crippen molar-refractivity contribution in [3.05, 3.63) is 0 Å². The van der Waals surface area contributed by atoms with Crippen LogP contribution in [0.1, 0.15) is 32.1 Å². The van der Waals surface area contributed by atoms with E-state index in [4.69, 9.17) is 15.2 Å². The minimum Gasteiger partial charge on any atom is -0.378 e. The molecule has 0 radical (unpaired) electrons. The highest BCUT2D eigenvalue weighted by Crippen LogP contribution is 2.11. The molecule has 1 aliphatic rings. The molecular weight excluding hydrogens is 256 g/mol. The van der Waals surface area contributed by atoms with Gasteiger partial charge in [0.1, 0.15) is 0 Å². The van der Waals surface area contributed by atoms with Crippen molar-refractivity contribution >= 4 is 18.3 Å². The topological polar surface area (TPSA) is 73.6 Å². The zero-order valence-corrected chi connectivity index (χ0v) is 11.7. The van der Waals surface area contributed by atoms with Gasteiger partial charge in [-0.25, -0.2) is 0 Å². The first-order chi connectivity index (χ1) is 8.33. The van der Waals surface area contributed by atoms with E-state index in [0.717, 1.165) is 32.3 Å². The number of nitrogens with one attached hydrogen (secondary N) is 1. The van der Waals surface area contributed by atoms with Crippen molar-refractivity contribution in [2.75, 3.05) is 32.9 Å². The number of halogens is 1. The maximum Gasteiger partial charge on any atom is 0.222 e. The summed E-state index contributed by atoms with van der Waals surface area (Å²) in [5, 5.41) is 2.84. The molecule has 6 heteroatoms. The van der Waals surface area contributed by atoms with E-state index in [-0.39, 0.29) is 24.4 Å². The van der Waals surface area contributed by atoms with Gasteiger partial charge in [-0.2, -0.15) is 0 Å². The van der Waals surface area contributed by atoms with E-state index >= 15 is 0 Å². The molecule has 1 heterocycles. The number of carbonyl (C=O) groups excluding carboxylic acids is 1. The lowest BCUT2D eigenvalue weighted by Crippen LogP contribution is -2.26. The molecule has 1 atom stereocenters. The number of carbonyl (C=O) groups is 1. The van der Waals surface area contributed by atoms with Gasteiger partial charge in [0.25, 0.3) is 0 Å². The SMILES string of the molecule is Cl.NCCCCNC(=O)CCOCC1CCCO1. The van der Waals surface area contributed by atoms with Crippen molar-refractivity contribution in [3.8, 4) is 0 Å². The Labute approximate surface area is 115 Å². The van der Waals surface area contributed by atoms with Gasteiger partial charge in [0.05, 0.1) is 19.3 Å². The van der Waals surface area contributed by atoms with Crippen LogP contribution in [0.25, 0.3) is 0 Å². The van der Waals surface area contributed by atoms with Crippen molar-refractivity contribution in [2.45, 2.75) is 38.2 Å². The summed E-state index contributed by atoms with van der Waals surface area (Å²) in [6.07, 6.45) is 4.76. The third-order valence-corrected chi connectivity index (χ3v) is 2.75. The molecule has 1 fully saturated rings. The number of unbranched alkanes of at least 4 members (excludes halogenated alkanes) is 1. The second kappa shape index (κ2) is 11.7. The van der Waals surface area contributed by atoms with Crippen LogP contribution in [0.2, 0.25) is 0 Å². The average Bonchev–Trinajstić information content (AvgIpc) is 2.83. The summed E-state index contributed by atoms with van der Waals surface area (Å²) in [6, 6.07) is 0. The van der Waals surface area contributed by atoms with Crippen LogP contribution in [0.15, 0.2) is 0 Å². The van der Waals surface area contributed by atoms with Crippen molar-refractivity contribution in [2.24, 2.45) is 5.73 Å². The zero-order chi connectivity index (χ0) is 12.3. The number of ether oxygens (including phenoxy) is 2. The lowest BCUT2D eigenvalue weighted by Gasteiger charge is -2.10. The largest absolute Gasteiger partial charge is 0.378 e. The molecule has 1 saturated heterocycles. The molecule has 1 unspecified atom stereocenters. The Morgan fingerprint density at radius 2 is 2.28 bits per heavy atom. The first kappa shape index (κ1) is 17.6. The Morgan fingerprint density at radius 1 is 1.44 bits per heavy atom. The van der Waals surface area contributed by atoms with Gasteiger partial charge in [-0.05, 0) is 32.2 Å². The maximum atomic E-state index is 11.3. The lowest BCUT2D eigenvalue weighted by molar-refractivity contribution is -0.122. The van der Waals surface area contributed by atoms with E-state index in [1.807, 2.05) is 0 Å². The predicted octanol–water partition coefficient (Wildman–Crippen LogP) is 0.849. The molecule has 0 bridgehead atoms. The van der Waals surface area contributed by atoms with Crippen LogP contribution < -0.4 is 11.1 Å². The normalized spacial score (nSPS) is 18.4. The monoisotopic (exact) mass is 280 g/mol. The van der Waals surface area contributed by atoms with E-state index in [0.29, 0.717) is 32.7 Å². The van der Waals surface area contributed by atoms with Crippen LogP contribution >= 0.6 is 12.4 Å². The molecule has 0 aliphatic carbocycles. The number of hydrogen-bond acceptors (Lipinski definition) is 4. The van der Waals surface area contributed by atoms with Crippen LogP contribution in [-0.4, -0.2) is 44.9 Å². The minimum absolute atomic E-state index is 0. The van der Waals surface area contributed by atoms with Gasteiger partial charge in [0.2, 0.25) is 5.91 Å². The Kier molecular flexibility index (Phi) is 11.5. The molecule has 1 amide bonds. The summed E-state index contributed by atoms with van der Waals surface area (Å²) in [7, 11) is 0. The molecule has 0 aromatic heterocycles. The van der Waals surface area contributed by atoms with Crippen molar-refractivity contribution < 1.29 is 14.3 Å². The van der Waals surface area contributed by atoms with Gasteiger partial charge in [0.15, 0.2) is 0 Å². The minimum atomic E-state index is 0. The molecule has 5 nitrogen and oxygen atoms in total. The van der Waals surface area contributed by atoms with Crippen LogP contribution in [0.3, 0.4) is 0 Å². The third-order valence-electron chi connectivity index (χ3n) is 2.75. The molecule has 1 aliphatic heterocycles. The van der Waals surface area contributed by atoms with Crippen LogP contribution in [0.5, 0.6) is 0 Å². The fraction of sp³-hybridized carbons (Fsp3) is 0.917. The Morgan fingerprint density at radius 3 is 2.94 bits per heavy atom. The van der Waals surface area contributed by atoms with Gasteiger partial charge in [-0.1, -0.05) is 0 Å². The van der Waals surface area contributed by atoms with Crippen LogP contribution in [-0.2, 0) is 14.3 Å². The third kappa shape index (κ3) is 8.69. The van der Waals surface area contributed by atoms with Crippen LogP contribution in [0.4, 0.5) is 0 Å². The fourth-order valence-electron chi connectivity index (χ4n) is 1.74. The highest BCUT2D eigenvalue weighted by atomic mass is 35.5. The Hall–Kier alpha value is -0.360. The summed E-state index contributed by atoms with van der Waals surface area (Å²) in [4.78, 5) is 11.3. The molecule has 0 aromatic rings. The molecular formula is C12H25ClN2O3.